The van der Waals surface area contributed by atoms with Gasteiger partial charge in [0, 0.05) is 18.6 Å². The summed E-state index contributed by atoms with van der Waals surface area (Å²) in [6.45, 7) is 0. The number of Topliss-reactive ketones (excluding diaryl/α,β-unsaturated/α-hetero) is 1. The average Bonchev–Trinajstić information content (AvgIpc) is 2.15. The molecule has 7 heteroatoms. The van der Waals surface area contributed by atoms with Gasteiger partial charge in [0.25, 0.3) is 0 Å². The van der Waals surface area contributed by atoms with Gasteiger partial charge in [0.1, 0.15) is 5.75 Å². The number of rotatable bonds is 4. The molecule has 0 spiro atoms. The summed E-state index contributed by atoms with van der Waals surface area (Å²) >= 11 is 0. The monoisotopic (exact) mass is 230 g/mol. The number of ether oxygens (including phenoxy) is 1. The number of carbonyl (C=O) groups excluding carboxylic acids is 1. The summed E-state index contributed by atoms with van der Waals surface area (Å²) in [5, 5.41) is 0. The highest BCUT2D eigenvalue weighted by atomic mass is 32.2. The van der Waals surface area contributed by atoms with Crippen LogP contribution >= 0.6 is 0 Å². The molecule has 0 N–H and O–H groups in total. The molecule has 0 unspecified atom stereocenters. The molecule has 1 aromatic heterocycles. The molecule has 1 heterocycles. The summed E-state index contributed by atoms with van der Waals surface area (Å²) in [4.78, 5) is 19.0. The molecular weight excluding hydrogens is 220 g/mol. The van der Waals surface area contributed by atoms with Crippen molar-refractivity contribution in [2.24, 2.45) is 0 Å². The molecule has 0 aliphatic rings. The lowest BCUT2D eigenvalue weighted by atomic mass is 10.3. The van der Waals surface area contributed by atoms with E-state index in [4.69, 9.17) is 4.74 Å². The van der Waals surface area contributed by atoms with E-state index in [-0.39, 0.29) is 11.6 Å². The normalized spacial score (nSPS) is 11.1. The van der Waals surface area contributed by atoms with Crippen molar-refractivity contribution in [3.05, 3.63) is 18.1 Å². The second-order valence-corrected chi connectivity index (χ2v) is 5.05. The molecule has 82 valence electrons. The van der Waals surface area contributed by atoms with Crippen LogP contribution in [0.25, 0.3) is 0 Å². The second kappa shape index (κ2) is 4.35. The first kappa shape index (κ1) is 11.6. The highest BCUT2D eigenvalue weighted by molar-refractivity contribution is 7.91. The van der Waals surface area contributed by atoms with Gasteiger partial charge in [-0.1, -0.05) is 0 Å². The van der Waals surface area contributed by atoms with E-state index in [1.165, 1.54) is 19.5 Å². The number of hydrogen-bond donors (Lipinski definition) is 0. The molecule has 0 radical (unpaired) electrons. The molecule has 0 aromatic carbocycles. The van der Waals surface area contributed by atoms with Crippen molar-refractivity contribution in [3.63, 3.8) is 0 Å². The highest BCUT2D eigenvalue weighted by Crippen LogP contribution is 2.11. The number of hydrogen-bond acceptors (Lipinski definition) is 6. The van der Waals surface area contributed by atoms with Gasteiger partial charge in [0.2, 0.25) is 11.7 Å². The first-order valence-electron chi connectivity index (χ1n) is 4.00. The molecule has 0 aliphatic heterocycles. The molecule has 1 rings (SSSR count). The van der Waals surface area contributed by atoms with Crippen molar-refractivity contribution < 1.29 is 17.9 Å². The summed E-state index contributed by atoms with van der Waals surface area (Å²) in [5.41, 5.74) is -0.0644. The lowest BCUT2D eigenvalue weighted by molar-refractivity contribution is 0.101. The minimum Gasteiger partial charge on any atom is -0.479 e. The molecule has 0 atom stereocenters. The van der Waals surface area contributed by atoms with Gasteiger partial charge in [0.15, 0.2) is 15.5 Å². The zero-order chi connectivity index (χ0) is 11.5. The van der Waals surface area contributed by atoms with Crippen LogP contribution in [-0.2, 0) is 9.84 Å². The first-order chi connectivity index (χ1) is 6.94. The maximum atomic E-state index is 11.5. The van der Waals surface area contributed by atoms with Crippen molar-refractivity contribution in [1.29, 1.82) is 0 Å². The third-order valence-corrected chi connectivity index (χ3v) is 2.30. The molecule has 0 aliphatic carbocycles. The number of methoxy groups -OCH3 is 1. The molecular formula is C8H10N2O4S. The molecule has 0 amide bonds. The Balaban J connectivity index is 3.01. The summed E-state index contributed by atoms with van der Waals surface area (Å²) in [6, 6.07) is 0. The van der Waals surface area contributed by atoms with E-state index in [1.54, 1.807) is 0 Å². The van der Waals surface area contributed by atoms with E-state index >= 15 is 0 Å². The Kier molecular flexibility index (Phi) is 3.35. The summed E-state index contributed by atoms with van der Waals surface area (Å²) < 4.78 is 26.6. The third kappa shape index (κ3) is 3.28. The largest absolute Gasteiger partial charge is 0.479 e. The molecule has 0 saturated heterocycles. The fourth-order valence-corrected chi connectivity index (χ4v) is 1.59. The number of ketones is 1. The fourth-order valence-electron chi connectivity index (χ4n) is 0.972. The van der Waals surface area contributed by atoms with Crippen LogP contribution in [0.2, 0.25) is 0 Å². The lowest BCUT2D eigenvalue weighted by Crippen LogP contribution is -2.17. The van der Waals surface area contributed by atoms with Gasteiger partial charge in [-0.3, -0.25) is 4.79 Å². The maximum Gasteiger partial charge on any atom is 0.243 e. The Morgan fingerprint density at radius 2 is 2.00 bits per heavy atom. The Morgan fingerprint density at radius 1 is 1.40 bits per heavy atom. The van der Waals surface area contributed by atoms with Gasteiger partial charge in [-0.25, -0.2) is 18.4 Å². The minimum absolute atomic E-state index is 0.0335. The zero-order valence-corrected chi connectivity index (χ0v) is 9.11. The van der Waals surface area contributed by atoms with E-state index < -0.39 is 21.4 Å². The van der Waals surface area contributed by atoms with Crippen molar-refractivity contribution in [2.75, 3.05) is 19.1 Å². The summed E-state index contributed by atoms with van der Waals surface area (Å²) in [5.74, 6) is -1.18. The predicted molar refractivity (Wildman–Crippen MR) is 52.6 cm³/mol. The SMILES string of the molecule is COc1nccnc1C(=O)CS(C)(=O)=O. The molecule has 15 heavy (non-hydrogen) atoms. The van der Waals surface area contributed by atoms with Crippen LogP contribution in [0.1, 0.15) is 10.5 Å². The molecule has 1 aromatic rings. The van der Waals surface area contributed by atoms with Gasteiger partial charge < -0.3 is 4.74 Å². The molecule has 0 saturated carbocycles. The Labute approximate surface area is 87.2 Å². The van der Waals surface area contributed by atoms with Crippen LogP contribution in [-0.4, -0.2) is 43.3 Å². The van der Waals surface area contributed by atoms with E-state index in [0.29, 0.717) is 0 Å². The Morgan fingerprint density at radius 3 is 2.53 bits per heavy atom. The van der Waals surface area contributed by atoms with Crippen LogP contribution in [0, 0.1) is 0 Å². The van der Waals surface area contributed by atoms with Gasteiger partial charge in [-0.05, 0) is 0 Å². The van der Waals surface area contributed by atoms with Crippen molar-refractivity contribution in [1.82, 2.24) is 9.97 Å². The van der Waals surface area contributed by atoms with Gasteiger partial charge in [-0.15, -0.1) is 0 Å². The van der Waals surface area contributed by atoms with E-state index in [1.807, 2.05) is 0 Å². The van der Waals surface area contributed by atoms with Crippen LogP contribution in [0.5, 0.6) is 5.88 Å². The van der Waals surface area contributed by atoms with E-state index in [9.17, 15) is 13.2 Å². The fraction of sp³-hybridized carbons (Fsp3) is 0.375. The molecule has 0 bridgehead atoms. The van der Waals surface area contributed by atoms with Gasteiger partial charge in [0.05, 0.1) is 7.11 Å². The van der Waals surface area contributed by atoms with Crippen LogP contribution < -0.4 is 4.74 Å². The quantitative estimate of drug-likeness (QED) is 0.661. The smallest absolute Gasteiger partial charge is 0.243 e. The summed E-state index contributed by atoms with van der Waals surface area (Å²) in [7, 11) is -2.03. The van der Waals surface area contributed by atoms with Crippen LogP contribution in [0.3, 0.4) is 0 Å². The topological polar surface area (TPSA) is 86.2 Å². The second-order valence-electron chi connectivity index (χ2n) is 2.91. The highest BCUT2D eigenvalue weighted by Gasteiger charge is 2.19. The first-order valence-corrected chi connectivity index (χ1v) is 6.06. The van der Waals surface area contributed by atoms with Gasteiger partial charge >= 0.3 is 0 Å². The standard InChI is InChI=1S/C8H10N2O4S/c1-14-8-7(9-3-4-10-8)6(11)5-15(2,12)13/h3-4H,5H2,1-2H3. The van der Waals surface area contributed by atoms with Crippen molar-refractivity contribution in [3.8, 4) is 5.88 Å². The van der Waals surface area contributed by atoms with Crippen LogP contribution in [0.15, 0.2) is 12.4 Å². The lowest BCUT2D eigenvalue weighted by Gasteiger charge is -2.03. The maximum absolute atomic E-state index is 11.5. The minimum atomic E-state index is -3.37. The number of aromatic nitrogens is 2. The Bertz CT molecular complexity index is 469. The van der Waals surface area contributed by atoms with E-state index in [2.05, 4.69) is 9.97 Å². The van der Waals surface area contributed by atoms with Crippen molar-refractivity contribution in [2.45, 2.75) is 0 Å². The van der Waals surface area contributed by atoms with Crippen LogP contribution in [0.4, 0.5) is 0 Å². The van der Waals surface area contributed by atoms with E-state index in [0.717, 1.165) is 6.26 Å². The van der Waals surface area contributed by atoms with Gasteiger partial charge in [-0.2, -0.15) is 0 Å². The predicted octanol–water partition coefficient (Wildman–Crippen LogP) is -0.288. The third-order valence-electron chi connectivity index (χ3n) is 1.52. The molecule has 6 nitrogen and oxygen atoms in total. The number of carbonyl (C=O) groups is 1. The summed E-state index contributed by atoms with van der Waals surface area (Å²) in [6.07, 6.45) is 3.64. The Hall–Kier alpha value is -1.50. The zero-order valence-electron chi connectivity index (χ0n) is 8.30. The average molecular weight is 230 g/mol. The number of sulfone groups is 1. The number of nitrogens with zero attached hydrogens (tertiary/aromatic N) is 2. The van der Waals surface area contributed by atoms with Crippen molar-refractivity contribution >= 4 is 15.6 Å². The molecule has 0 fully saturated rings.